The van der Waals surface area contributed by atoms with E-state index in [4.69, 9.17) is 11.6 Å². The molecule has 0 radical (unpaired) electrons. The van der Waals surface area contributed by atoms with E-state index in [2.05, 4.69) is 5.32 Å². The van der Waals surface area contributed by atoms with E-state index in [9.17, 15) is 14.9 Å². The predicted molar refractivity (Wildman–Crippen MR) is 73.9 cm³/mol. The maximum Gasteiger partial charge on any atom is 0.283 e. The average molecular weight is 296 g/mol. The fourth-order valence-corrected chi connectivity index (χ4v) is 3.37. The Morgan fingerprint density at radius 1 is 1.45 bits per heavy atom. The number of likely N-dealkylation sites (tertiary alicyclic amines) is 1. The van der Waals surface area contributed by atoms with Gasteiger partial charge in [0.05, 0.1) is 9.95 Å². The molecule has 2 heterocycles. The molecule has 0 aromatic heterocycles. The molecule has 0 aliphatic carbocycles. The molecule has 1 aromatic rings. The van der Waals surface area contributed by atoms with Gasteiger partial charge in [0.1, 0.15) is 5.56 Å². The number of hydrogen-bond acceptors (Lipinski definition) is 4. The summed E-state index contributed by atoms with van der Waals surface area (Å²) in [5.41, 5.74) is -0.219. The molecule has 3 rings (SSSR count). The van der Waals surface area contributed by atoms with Crippen molar-refractivity contribution in [2.45, 2.75) is 12.5 Å². The Hall–Kier alpha value is -1.66. The molecular weight excluding hydrogens is 282 g/mol. The van der Waals surface area contributed by atoms with Gasteiger partial charge in [-0.05, 0) is 18.4 Å². The molecule has 2 fully saturated rings. The monoisotopic (exact) mass is 295 g/mol. The molecule has 20 heavy (non-hydrogen) atoms. The third-order valence-corrected chi connectivity index (χ3v) is 4.42. The highest BCUT2D eigenvalue weighted by Gasteiger charge is 2.42. The third-order valence-electron chi connectivity index (χ3n) is 4.11. The molecule has 2 saturated heterocycles. The average Bonchev–Trinajstić information content (AvgIpc) is 2.99. The van der Waals surface area contributed by atoms with Crippen LogP contribution in [-0.4, -0.2) is 41.4 Å². The maximum atomic E-state index is 12.6. The van der Waals surface area contributed by atoms with Crippen LogP contribution in [0.4, 0.5) is 5.69 Å². The molecular formula is C13H14ClN3O3. The number of halogens is 1. The first kappa shape index (κ1) is 13.3. The van der Waals surface area contributed by atoms with Gasteiger partial charge >= 0.3 is 0 Å². The topological polar surface area (TPSA) is 75.5 Å². The van der Waals surface area contributed by atoms with Crippen molar-refractivity contribution in [1.29, 1.82) is 0 Å². The number of nitrogens with one attached hydrogen (secondary N) is 1. The number of carbonyl (C=O) groups is 1. The molecule has 1 N–H and O–H groups in total. The smallest absolute Gasteiger partial charge is 0.283 e. The van der Waals surface area contributed by atoms with Gasteiger partial charge < -0.3 is 10.2 Å². The molecule has 2 aliphatic rings. The van der Waals surface area contributed by atoms with Gasteiger partial charge in [0, 0.05) is 31.7 Å². The third kappa shape index (κ3) is 2.05. The first-order valence-electron chi connectivity index (χ1n) is 6.54. The zero-order chi connectivity index (χ0) is 14.3. The quantitative estimate of drug-likeness (QED) is 0.665. The van der Waals surface area contributed by atoms with Crippen LogP contribution in [-0.2, 0) is 0 Å². The van der Waals surface area contributed by atoms with Crippen molar-refractivity contribution in [1.82, 2.24) is 10.2 Å². The second-order valence-electron chi connectivity index (χ2n) is 5.16. The largest absolute Gasteiger partial charge is 0.334 e. The Kier molecular flexibility index (Phi) is 3.35. The van der Waals surface area contributed by atoms with Crippen molar-refractivity contribution >= 4 is 23.2 Å². The van der Waals surface area contributed by atoms with E-state index in [1.165, 1.54) is 18.2 Å². The van der Waals surface area contributed by atoms with E-state index < -0.39 is 4.92 Å². The van der Waals surface area contributed by atoms with E-state index in [1.807, 2.05) is 0 Å². The van der Waals surface area contributed by atoms with Gasteiger partial charge in [0.2, 0.25) is 0 Å². The highest BCUT2D eigenvalue weighted by molar-refractivity contribution is 6.34. The fraction of sp³-hybridized carbons (Fsp3) is 0.462. The first-order valence-corrected chi connectivity index (χ1v) is 6.92. The van der Waals surface area contributed by atoms with Crippen LogP contribution in [0, 0.1) is 16.0 Å². The second-order valence-corrected chi connectivity index (χ2v) is 5.57. The predicted octanol–water partition coefficient (Wildman–Crippen LogP) is 1.68. The van der Waals surface area contributed by atoms with Crippen LogP contribution in [0.5, 0.6) is 0 Å². The molecule has 0 bridgehead atoms. The highest BCUT2D eigenvalue weighted by atomic mass is 35.5. The summed E-state index contributed by atoms with van der Waals surface area (Å²) < 4.78 is 0. The molecule has 2 atom stereocenters. The summed E-state index contributed by atoms with van der Waals surface area (Å²) in [4.78, 5) is 24.9. The van der Waals surface area contributed by atoms with Gasteiger partial charge in [-0.3, -0.25) is 14.9 Å². The molecule has 0 spiro atoms. The Morgan fingerprint density at radius 3 is 3.00 bits per heavy atom. The summed E-state index contributed by atoms with van der Waals surface area (Å²) in [5, 5.41) is 14.5. The van der Waals surface area contributed by atoms with Crippen LogP contribution in [0.2, 0.25) is 5.02 Å². The number of fused-ring (bicyclic) bond motifs is 1. The minimum Gasteiger partial charge on any atom is -0.334 e. The summed E-state index contributed by atoms with van der Waals surface area (Å²) >= 11 is 6.02. The molecule has 6 nitrogen and oxygen atoms in total. The normalized spacial score (nSPS) is 24.8. The van der Waals surface area contributed by atoms with Gasteiger partial charge in [-0.2, -0.15) is 0 Å². The standard InChI is InChI=1S/C13H14ClN3O3/c14-9-2-1-3-10(17(19)20)12(9)13(18)16-5-4-8-6-15-7-11(8)16/h1-3,8,11,15H,4-7H2/t8-,11+/m0/s1. The lowest BCUT2D eigenvalue weighted by atomic mass is 10.0. The van der Waals surface area contributed by atoms with Gasteiger partial charge in [-0.1, -0.05) is 17.7 Å². The molecule has 7 heteroatoms. The summed E-state index contributed by atoms with van der Waals surface area (Å²) in [6.07, 6.45) is 0.932. The molecule has 0 unspecified atom stereocenters. The van der Waals surface area contributed by atoms with Crippen molar-refractivity contribution in [2.75, 3.05) is 19.6 Å². The summed E-state index contributed by atoms with van der Waals surface area (Å²) in [6.45, 7) is 2.28. The Balaban J connectivity index is 1.97. The van der Waals surface area contributed by atoms with Crippen molar-refractivity contribution in [3.8, 4) is 0 Å². The minimum atomic E-state index is -0.556. The molecule has 1 amide bonds. The van der Waals surface area contributed by atoms with Crippen molar-refractivity contribution in [2.24, 2.45) is 5.92 Å². The number of nitrogens with zero attached hydrogens (tertiary/aromatic N) is 2. The van der Waals surface area contributed by atoms with Crippen LogP contribution in [0.25, 0.3) is 0 Å². The lowest BCUT2D eigenvalue weighted by Gasteiger charge is -2.23. The fourth-order valence-electron chi connectivity index (χ4n) is 3.12. The maximum absolute atomic E-state index is 12.6. The van der Waals surface area contributed by atoms with Crippen LogP contribution in [0.15, 0.2) is 18.2 Å². The first-order chi connectivity index (χ1) is 9.59. The van der Waals surface area contributed by atoms with E-state index >= 15 is 0 Å². The molecule has 1 aromatic carbocycles. The lowest BCUT2D eigenvalue weighted by molar-refractivity contribution is -0.385. The van der Waals surface area contributed by atoms with Crippen LogP contribution in [0.3, 0.4) is 0 Å². The second kappa shape index (κ2) is 5.03. The number of hydrogen-bond donors (Lipinski definition) is 1. The zero-order valence-corrected chi connectivity index (χ0v) is 11.5. The molecule has 2 aliphatic heterocycles. The SMILES string of the molecule is O=C(c1c(Cl)cccc1[N+](=O)[O-])N1CC[C@H]2CNC[C@H]21. The van der Waals surface area contributed by atoms with Crippen molar-refractivity contribution < 1.29 is 9.72 Å². The van der Waals surface area contributed by atoms with Gasteiger partial charge in [-0.25, -0.2) is 0 Å². The molecule has 0 saturated carbocycles. The number of nitro benzene ring substituents is 1. The van der Waals surface area contributed by atoms with E-state index in [-0.39, 0.29) is 28.2 Å². The van der Waals surface area contributed by atoms with Crippen molar-refractivity contribution in [3.05, 3.63) is 38.9 Å². The van der Waals surface area contributed by atoms with Gasteiger partial charge in [-0.15, -0.1) is 0 Å². The van der Waals surface area contributed by atoms with E-state index in [0.29, 0.717) is 12.5 Å². The number of nitro groups is 1. The number of rotatable bonds is 2. The summed E-state index contributed by atoms with van der Waals surface area (Å²) in [6, 6.07) is 4.45. The number of amides is 1. The van der Waals surface area contributed by atoms with Gasteiger partial charge in [0.15, 0.2) is 0 Å². The summed E-state index contributed by atoms with van der Waals surface area (Å²) in [5.74, 6) is 0.110. The van der Waals surface area contributed by atoms with Gasteiger partial charge in [0.25, 0.3) is 11.6 Å². The van der Waals surface area contributed by atoms with Crippen LogP contribution >= 0.6 is 11.6 Å². The molecule has 106 valence electrons. The van der Waals surface area contributed by atoms with Crippen molar-refractivity contribution in [3.63, 3.8) is 0 Å². The highest BCUT2D eigenvalue weighted by Crippen LogP contribution is 2.33. The van der Waals surface area contributed by atoms with E-state index in [1.54, 1.807) is 4.90 Å². The Morgan fingerprint density at radius 2 is 2.25 bits per heavy atom. The Bertz CT molecular complexity index is 578. The zero-order valence-electron chi connectivity index (χ0n) is 10.7. The minimum absolute atomic E-state index is 0.00622. The summed E-state index contributed by atoms with van der Waals surface area (Å²) in [7, 11) is 0. The number of carbonyl (C=O) groups excluding carboxylic acids is 1. The van der Waals surface area contributed by atoms with E-state index in [0.717, 1.165) is 19.5 Å². The Labute approximate surface area is 120 Å². The van der Waals surface area contributed by atoms with Crippen LogP contribution in [0.1, 0.15) is 16.8 Å². The lowest BCUT2D eigenvalue weighted by Crippen LogP contribution is -2.39. The van der Waals surface area contributed by atoms with Crippen LogP contribution < -0.4 is 5.32 Å². The number of benzene rings is 1.